The van der Waals surface area contributed by atoms with Crippen molar-refractivity contribution in [3.63, 3.8) is 0 Å². The maximum atomic E-state index is 11.7. The number of nitrogens with zero attached hydrogens (tertiary/aromatic N) is 1. The van der Waals surface area contributed by atoms with Gasteiger partial charge < -0.3 is 25.4 Å². The Bertz CT molecular complexity index is 656. The molecule has 0 spiro atoms. The van der Waals surface area contributed by atoms with Gasteiger partial charge in [0, 0.05) is 45.3 Å². The topological polar surface area (TPSA) is 84.0 Å². The third-order valence-electron chi connectivity index (χ3n) is 4.97. The summed E-state index contributed by atoms with van der Waals surface area (Å²) in [5.74, 6) is 0.768. The first-order valence-electron chi connectivity index (χ1n) is 10.4. The predicted molar refractivity (Wildman–Crippen MR) is 132 cm³/mol. The minimum absolute atomic E-state index is 0. The molecule has 1 saturated heterocycles. The summed E-state index contributed by atoms with van der Waals surface area (Å²) in [6.07, 6.45) is 2.36. The number of guanidine groups is 1. The Morgan fingerprint density at radius 3 is 2.33 bits per heavy atom. The second-order valence-corrected chi connectivity index (χ2v) is 8.39. The molecule has 1 aromatic carbocycles. The molecule has 1 heterocycles. The lowest BCUT2D eigenvalue weighted by molar-refractivity contribution is 0.0512. The zero-order chi connectivity index (χ0) is 21.2. The number of ether oxygens (including phenoxy) is 2. The third kappa shape index (κ3) is 9.07. The van der Waals surface area contributed by atoms with Gasteiger partial charge in [0.25, 0.3) is 0 Å². The van der Waals surface area contributed by atoms with E-state index in [-0.39, 0.29) is 35.5 Å². The van der Waals surface area contributed by atoms with E-state index in [9.17, 15) is 4.79 Å². The fourth-order valence-corrected chi connectivity index (χ4v) is 3.39. The molecule has 170 valence electrons. The zero-order valence-electron chi connectivity index (χ0n) is 18.6. The smallest absolute Gasteiger partial charge is 0.407 e. The number of amides is 1. The van der Waals surface area contributed by atoms with Crippen molar-refractivity contribution in [1.29, 1.82) is 0 Å². The second-order valence-electron chi connectivity index (χ2n) is 8.39. The number of nitrogens with one attached hydrogen (secondary N) is 3. The van der Waals surface area contributed by atoms with Gasteiger partial charge in [-0.1, -0.05) is 30.3 Å². The fraction of sp³-hybridized carbons (Fsp3) is 0.636. The van der Waals surface area contributed by atoms with Crippen LogP contribution in [-0.4, -0.2) is 57.5 Å². The standard InChI is InChI=1S/C22H36N4O3.HI/c1-21(2,3)29-20(27)25-14-8-13-24-19(23-4)26-17-22(11-15-28-16-12-22)18-9-6-5-7-10-18;/h5-7,9-10H,8,11-17H2,1-4H3,(H,25,27)(H2,23,24,26);1H. The summed E-state index contributed by atoms with van der Waals surface area (Å²) in [6, 6.07) is 10.6. The first-order valence-corrected chi connectivity index (χ1v) is 10.4. The van der Waals surface area contributed by atoms with Crippen LogP contribution in [0.1, 0.15) is 45.6 Å². The number of alkyl carbamates (subject to hydrolysis) is 1. The highest BCUT2D eigenvalue weighted by Gasteiger charge is 2.34. The van der Waals surface area contributed by atoms with Crippen molar-refractivity contribution in [2.75, 3.05) is 39.9 Å². The largest absolute Gasteiger partial charge is 0.444 e. The number of benzene rings is 1. The van der Waals surface area contributed by atoms with Crippen molar-refractivity contribution in [3.05, 3.63) is 35.9 Å². The van der Waals surface area contributed by atoms with Crippen LogP contribution in [0, 0.1) is 0 Å². The Kier molecular flexibility index (Phi) is 11.5. The molecule has 1 aromatic rings. The highest BCUT2D eigenvalue weighted by Crippen LogP contribution is 2.34. The number of carbonyl (C=O) groups is 1. The van der Waals surface area contributed by atoms with E-state index in [1.165, 1.54) is 5.56 Å². The minimum atomic E-state index is -0.479. The molecule has 0 aliphatic carbocycles. The molecular weight excluding hydrogens is 495 g/mol. The number of rotatable bonds is 7. The number of halogens is 1. The quantitative estimate of drug-likeness (QED) is 0.217. The van der Waals surface area contributed by atoms with E-state index in [1.807, 2.05) is 20.8 Å². The molecule has 0 bridgehead atoms. The Hall–Kier alpha value is -1.55. The molecule has 1 fully saturated rings. The zero-order valence-corrected chi connectivity index (χ0v) is 21.0. The van der Waals surface area contributed by atoms with Crippen molar-refractivity contribution in [2.24, 2.45) is 4.99 Å². The molecule has 7 nitrogen and oxygen atoms in total. The average Bonchev–Trinajstić information content (AvgIpc) is 2.70. The van der Waals surface area contributed by atoms with Crippen molar-refractivity contribution in [3.8, 4) is 0 Å². The van der Waals surface area contributed by atoms with Crippen molar-refractivity contribution in [1.82, 2.24) is 16.0 Å². The maximum absolute atomic E-state index is 11.7. The summed E-state index contributed by atoms with van der Waals surface area (Å²) in [6.45, 7) is 9.16. The molecule has 0 atom stereocenters. The van der Waals surface area contributed by atoms with Gasteiger partial charge in [-0.25, -0.2) is 4.79 Å². The van der Waals surface area contributed by atoms with Gasteiger partial charge in [-0.05, 0) is 45.6 Å². The number of hydrogen-bond acceptors (Lipinski definition) is 4. The Morgan fingerprint density at radius 1 is 1.10 bits per heavy atom. The molecular formula is C22H37IN4O3. The number of hydrogen-bond donors (Lipinski definition) is 3. The predicted octanol–water partition coefficient (Wildman–Crippen LogP) is 3.43. The van der Waals surface area contributed by atoms with Crippen LogP contribution in [0.3, 0.4) is 0 Å². The normalized spacial score (nSPS) is 16.2. The fourth-order valence-electron chi connectivity index (χ4n) is 3.39. The summed E-state index contributed by atoms with van der Waals surface area (Å²) < 4.78 is 10.8. The van der Waals surface area contributed by atoms with Crippen LogP contribution >= 0.6 is 24.0 Å². The SMILES string of the molecule is CN=C(NCCCNC(=O)OC(C)(C)C)NCC1(c2ccccc2)CCOCC1.I. The summed E-state index contributed by atoms with van der Waals surface area (Å²) >= 11 is 0. The molecule has 0 saturated carbocycles. The molecule has 1 aliphatic rings. The Labute approximate surface area is 197 Å². The van der Waals surface area contributed by atoms with Crippen LogP contribution in [-0.2, 0) is 14.9 Å². The first-order chi connectivity index (χ1) is 13.8. The first kappa shape index (κ1) is 26.5. The van der Waals surface area contributed by atoms with Gasteiger partial charge in [0.05, 0.1) is 0 Å². The van der Waals surface area contributed by atoms with Gasteiger partial charge in [-0.15, -0.1) is 24.0 Å². The lowest BCUT2D eigenvalue weighted by Gasteiger charge is -2.38. The number of aliphatic imine (C=N–C) groups is 1. The molecule has 2 rings (SSSR count). The van der Waals surface area contributed by atoms with Crippen LogP contribution in [0.5, 0.6) is 0 Å². The van der Waals surface area contributed by atoms with Gasteiger partial charge in [0.2, 0.25) is 0 Å². The Balaban J connectivity index is 0.00000450. The molecule has 0 aromatic heterocycles. The van der Waals surface area contributed by atoms with E-state index in [1.54, 1.807) is 7.05 Å². The van der Waals surface area contributed by atoms with Gasteiger partial charge >= 0.3 is 6.09 Å². The van der Waals surface area contributed by atoms with Crippen LogP contribution in [0.2, 0.25) is 0 Å². The lowest BCUT2D eigenvalue weighted by atomic mass is 9.74. The van der Waals surface area contributed by atoms with E-state index in [0.717, 1.165) is 45.0 Å². The molecule has 3 N–H and O–H groups in total. The van der Waals surface area contributed by atoms with Crippen LogP contribution in [0.4, 0.5) is 4.79 Å². The van der Waals surface area contributed by atoms with E-state index >= 15 is 0 Å². The van der Waals surface area contributed by atoms with E-state index < -0.39 is 5.60 Å². The van der Waals surface area contributed by atoms with Crippen LogP contribution in [0.15, 0.2) is 35.3 Å². The number of carbonyl (C=O) groups excluding carboxylic acids is 1. The lowest BCUT2D eigenvalue weighted by Crippen LogP contribution is -2.48. The van der Waals surface area contributed by atoms with Crippen molar-refractivity contribution in [2.45, 2.75) is 51.0 Å². The van der Waals surface area contributed by atoms with Gasteiger partial charge in [0.1, 0.15) is 5.60 Å². The highest BCUT2D eigenvalue weighted by atomic mass is 127. The summed E-state index contributed by atoms with van der Waals surface area (Å²) in [5.41, 5.74) is 0.913. The van der Waals surface area contributed by atoms with E-state index in [0.29, 0.717) is 13.1 Å². The Morgan fingerprint density at radius 2 is 1.73 bits per heavy atom. The highest BCUT2D eigenvalue weighted by molar-refractivity contribution is 14.0. The molecule has 0 radical (unpaired) electrons. The summed E-state index contributed by atoms with van der Waals surface area (Å²) in [5, 5.41) is 9.56. The summed E-state index contributed by atoms with van der Waals surface area (Å²) in [4.78, 5) is 16.0. The van der Waals surface area contributed by atoms with Gasteiger partial charge in [-0.3, -0.25) is 4.99 Å². The average molecular weight is 532 g/mol. The maximum Gasteiger partial charge on any atom is 0.407 e. The van der Waals surface area contributed by atoms with Crippen LogP contribution < -0.4 is 16.0 Å². The van der Waals surface area contributed by atoms with Crippen molar-refractivity contribution >= 4 is 36.0 Å². The second kappa shape index (κ2) is 13.0. The molecule has 0 unspecified atom stereocenters. The van der Waals surface area contributed by atoms with Gasteiger partial charge in [0.15, 0.2) is 5.96 Å². The third-order valence-corrected chi connectivity index (χ3v) is 4.97. The van der Waals surface area contributed by atoms with Crippen LogP contribution in [0.25, 0.3) is 0 Å². The monoisotopic (exact) mass is 532 g/mol. The minimum Gasteiger partial charge on any atom is -0.444 e. The van der Waals surface area contributed by atoms with E-state index in [4.69, 9.17) is 9.47 Å². The van der Waals surface area contributed by atoms with E-state index in [2.05, 4.69) is 51.3 Å². The molecule has 1 aliphatic heterocycles. The molecule has 30 heavy (non-hydrogen) atoms. The molecule has 8 heteroatoms. The molecule has 1 amide bonds. The van der Waals surface area contributed by atoms with Gasteiger partial charge in [-0.2, -0.15) is 0 Å². The van der Waals surface area contributed by atoms with Crippen molar-refractivity contribution < 1.29 is 14.3 Å². The summed E-state index contributed by atoms with van der Waals surface area (Å²) in [7, 11) is 1.77.